The van der Waals surface area contributed by atoms with Gasteiger partial charge in [-0.15, -0.1) is 0 Å². The van der Waals surface area contributed by atoms with E-state index >= 15 is 0 Å². The number of ether oxygens (including phenoxy) is 2. The largest absolute Gasteiger partial charge is 0.343 e. The van der Waals surface area contributed by atoms with Crippen LogP contribution in [0.25, 0.3) is 0 Å². The Morgan fingerprint density at radius 1 is 1.00 bits per heavy atom. The summed E-state index contributed by atoms with van der Waals surface area (Å²) < 4.78 is 11.4. The third kappa shape index (κ3) is 5.13. The second-order valence-electron chi connectivity index (χ2n) is 4.77. The molecule has 0 spiro atoms. The zero-order valence-corrected chi connectivity index (χ0v) is 12.3. The number of carbonyl (C=O) groups is 1. The lowest BCUT2D eigenvalue weighted by atomic mass is 10.1. The van der Waals surface area contributed by atoms with E-state index in [0.717, 1.165) is 12.8 Å². The first-order valence-electron chi connectivity index (χ1n) is 6.98. The number of ketones is 1. The fourth-order valence-electron chi connectivity index (χ4n) is 1.51. The van der Waals surface area contributed by atoms with Crippen molar-refractivity contribution in [1.82, 2.24) is 0 Å². The Hall–Kier alpha value is -1.19. The molecule has 0 heterocycles. The van der Waals surface area contributed by atoms with Gasteiger partial charge in [0.25, 0.3) is 0 Å². The van der Waals surface area contributed by atoms with Crippen molar-refractivity contribution in [1.29, 1.82) is 0 Å². The highest BCUT2D eigenvalue weighted by molar-refractivity contribution is 5.98. The molecule has 1 rings (SSSR count). The molecule has 0 saturated carbocycles. The third-order valence-electron chi connectivity index (χ3n) is 3.13. The van der Waals surface area contributed by atoms with Gasteiger partial charge in [-0.2, -0.15) is 0 Å². The maximum Gasteiger partial charge on any atom is 0.223 e. The van der Waals surface area contributed by atoms with Gasteiger partial charge in [-0.05, 0) is 26.7 Å². The van der Waals surface area contributed by atoms with E-state index in [1.165, 1.54) is 0 Å². The van der Waals surface area contributed by atoms with E-state index in [0.29, 0.717) is 5.56 Å². The van der Waals surface area contributed by atoms with Crippen LogP contribution in [0.1, 0.15) is 50.9 Å². The number of Topliss-reactive ketones (excluding diaryl/α,β-unsaturated/α-hetero) is 1. The van der Waals surface area contributed by atoms with E-state index in [2.05, 4.69) is 0 Å². The smallest absolute Gasteiger partial charge is 0.223 e. The molecular formula is C16H24O3. The van der Waals surface area contributed by atoms with Crippen LogP contribution in [0, 0.1) is 0 Å². The molecule has 106 valence electrons. The normalized spacial score (nSPS) is 15.8. The van der Waals surface area contributed by atoms with E-state index in [4.69, 9.17) is 9.47 Å². The van der Waals surface area contributed by atoms with Gasteiger partial charge in [0.1, 0.15) is 0 Å². The van der Waals surface area contributed by atoms with Crippen molar-refractivity contribution in [2.24, 2.45) is 0 Å². The molecule has 0 amide bonds. The van der Waals surface area contributed by atoms with E-state index in [9.17, 15) is 4.79 Å². The molecule has 0 N–H and O–H groups in total. The topological polar surface area (TPSA) is 35.5 Å². The average Bonchev–Trinajstić information content (AvgIpc) is 2.46. The minimum absolute atomic E-state index is 0.00159. The fraction of sp³-hybridized carbons (Fsp3) is 0.562. The first kappa shape index (κ1) is 15.9. The van der Waals surface area contributed by atoms with E-state index < -0.39 is 6.29 Å². The molecule has 0 aliphatic heterocycles. The van der Waals surface area contributed by atoms with Crippen LogP contribution in [0.5, 0.6) is 0 Å². The second-order valence-corrected chi connectivity index (χ2v) is 4.77. The van der Waals surface area contributed by atoms with Crippen molar-refractivity contribution in [3.8, 4) is 0 Å². The second kappa shape index (κ2) is 8.08. The van der Waals surface area contributed by atoms with Crippen LogP contribution in [-0.4, -0.2) is 24.3 Å². The monoisotopic (exact) mass is 264 g/mol. The lowest BCUT2D eigenvalue weighted by molar-refractivity contribution is -0.161. The molecular weight excluding hydrogens is 240 g/mol. The fourth-order valence-corrected chi connectivity index (χ4v) is 1.51. The van der Waals surface area contributed by atoms with Crippen molar-refractivity contribution in [3.63, 3.8) is 0 Å². The number of rotatable bonds is 8. The first-order chi connectivity index (χ1) is 9.08. The van der Waals surface area contributed by atoms with Crippen molar-refractivity contribution in [2.75, 3.05) is 0 Å². The minimum atomic E-state index is -0.813. The van der Waals surface area contributed by atoms with Gasteiger partial charge >= 0.3 is 0 Å². The van der Waals surface area contributed by atoms with Crippen LogP contribution in [0.4, 0.5) is 0 Å². The molecule has 19 heavy (non-hydrogen) atoms. The Kier molecular flexibility index (Phi) is 6.74. The molecule has 2 atom stereocenters. The average molecular weight is 264 g/mol. The van der Waals surface area contributed by atoms with Gasteiger partial charge in [0, 0.05) is 5.56 Å². The van der Waals surface area contributed by atoms with Crippen molar-refractivity contribution in [2.45, 2.75) is 59.0 Å². The lowest BCUT2D eigenvalue weighted by Gasteiger charge is -2.24. The molecule has 0 aliphatic carbocycles. The van der Waals surface area contributed by atoms with Crippen LogP contribution in [-0.2, 0) is 9.47 Å². The molecule has 1 aromatic carbocycles. The number of hydrogen-bond donors (Lipinski definition) is 0. The van der Waals surface area contributed by atoms with Crippen LogP contribution in [0.3, 0.4) is 0 Å². The van der Waals surface area contributed by atoms with Gasteiger partial charge in [0.15, 0.2) is 0 Å². The summed E-state index contributed by atoms with van der Waals surface area (Å²) in [6.07, 6.45) is 0.890. The highest BCUT2D eigenvalue weighted by Crippen LogP contribution is 2.14. The Morgan fingerprint density at radius 3 is 1.89 bits per heavy atom. The number of benzene rings is 1. The van der Waals surface area contributed by atoms with Gasteiger partial charge in [-0.3, -0.25) is 4.79 Å². The molecule has 0 radical (unpaired) electrons. The van der Waals surface area contributed by atoms with Crippen LogP contribution in [0.15, 0.2) is 30.3 Å². The molecule has 3 heteroatoms. The van der Waals surface area contributed by atoms with E-state index in [1.807, 2.05) is 45.9 Å². The third-order valence-corrected chi connectivity index (χ3v) is 3.13. The van der Waals surface area contributed by atoms with Gasteiger partial charge in [-0.25, -0.2) is 0 Å². The Morgan fingerprint density at radius 2 is 1.47 bits per heavy atom. The molecule has 3 nitrogen and oxygen atoms in total. The van der Waals surface area contributed by atoms with Gasteiger partial charge in [-0.1, -0.05) is 44.2 Å². The van der Waals surface area contributed by atoms with Gasteiger partial charge in [0.2, 0.25) is 12.1 Å². The van der Waals surface area contributed by atoms with Gasteiger partial charge in [0.05, 0.1) is 12.2 Å². The molecule has 2 unspecified atom stereocenters. The van der Waals surface area contributed by atoms with Crippen LogP contribution < -0.4 is 0 Å². The predicted molar refractivity (Wildman–Crippen MR) is 76.2 cm³/mol. The Labute approximate surface area is 115 Å². The summed E-state index contributed by atoms with van der Waals surface area (Å²) in [5.74, 6) is -0.110. The zero-order chi connectivity index (χ0) is 14.3. The maximum absolute atomic E-state index is 12.4. The van der Waals surface area contributed by atoms with Gasteiger partial charge < -0.3 is 9.47 Å². The summed E-state index contributed by atoms with van der Waals surface area (Å²) in [5.41, 5.74) is 0.624. The van der Waals surface area contributed by atoms with Crippen LogP contribution >= 0.6 is 0 Å². The standard InChI is InChI=1S/C16H24O3/c1-5-12(3)18-16(19-13(4)6-2)15(17)14-10-8-7-9-11-14/h7-13,16H,5-6H2,1-4H3. The molecule has 0 saturated heterocycles. The summed E-state index contributed by atoms with van der Waals surface area (Å²) in [6, 6.07) is 9.15. The zero-order valence-electron chi connectivity index (χ0n) is 12.3. The van der Waals surface area contributed by atoms with E-state index in [1.54, 1.807) is 12.1 Å². The molecule has 0 aromatic heterocycles. The summed E-state index contributed by atoms with van der Waals surface area (Å²) >= 11 is 0. The minimum Gasteiger partial charge on any atom is -0.343 e. The maximum atomic E-state index is 12.4. The Balaban J connectivity index is 2.80. The SMILES string of the molecule is CCC(C)OC(OC(C)CC)C(=O)c1ccccc1. The highest BCUT2D eigenvalue weighted by atomic mass is 16.7. The van der Waals surface area contributed by atoms with Crippen molar-refractivity contribution < 1.29 is 14.3 Å². The lowest BCUT2D eigenvalue weighted by Crippen LogP contribution is -2.33. The quantitative estimate of drug-likeness (QED) is 0.529. The molecule has 0 fully saturated rings. The highest BCUT2D eigenvalue weighted by Gasteiger charge is 2.25. The van der Waals surface area contributed by atoms with Crippen LogP contribution in [0.2, 0.25) is 0 Å². The molecule has 1 aromatic rings. The molecule has 0 aliphatic rings. The number of carbonyl (C=O) groups excluding carboxylic acids is 1. The summed E-state index contributed by atoms with van der Waals surface area (Å²) in [4.78, 5) is 12.4. The molecule has 0 bridgehead atoms. The van der Waals surface area contributed by atoms with E-state index in [-0.39, 0.29) is 18.0 Å². The number of hydrogen-bond acceptors (Lipinski definition) is 3. The summed E-state index contributed by atoms with van der Waals surface area (Å²) in [7, 11) is 0. The predicted octanol–water partition coefficient (Wildman–Crippen LogP) is 3.83. The van der Waals surface area contributed by atoms with Crippen molar-refractivity contribution in [3.05, 3.63) is 35.9 Å². The first-order valence-corrected chi connectivity index (χ1v) is 6.98. The Bertz CT molecular complexity index is 363. The van der Waals surface area contributed by atoms with Crippen molar-refractivity contribution >= 4 is 5.78 Å². The summed E-state index contributed by atoms with van der Waals surface area (Å²) in [5, 5.41) is 0. The summed E-state index contributed by atoms with van der Waals surface area (Å²) in [6.45, 7) is 7.95.